The summed E-state index contributed by atoms with van der Waals surface area (Å²) < 4.78 is 7.17. The molecule has 0 radical (unpaired) electrons. The number of carbonyl (C=O) groups is 1. The van der Waals surface area contributed by atoms with Crippen molar-refractivity contribution in [1.29, 1.82) is 0 Å². The van der Waals surface area contributed by atoms with Gasteiger partial charge in [0.25, 0.3) is 5.56 Å². The van der Waals surface area contributed by atoms with Crippen LogP contribution in [0, 0.1) is 13.8 Å². The normalized spacial score (nSPS) is 23.5. The molecule has 2 aliphatic heterocycles. The molecule has 1 aromatic rings. The molecule has 1 saturated heterocycles. The quantitative estimate of drug-likeness (QED) is 0.843. The molecule has 0 aromatic carbocycles. The summed E-state index contributed by atoms with van der Waals surface area (Å²) in [6, 6.07) is -0.108. The van der Waals surface area contributed by atoms with E-state index in [9.17, 15) is 9.59 Å². The van der Waals surface area contributed by atoms with Crippen LogP contribution >= 0.6 is 11.8 Å². The van der Waals surface area contributed by atoms with Gasteiger partial charge in [-0.3, -0.25) is 14.2 Å². The predicted octanol–water partition coefficient (Wildman–Crippen LogP) is 1.19. The Balaban J connectivity index is 1.64. The monoisotopic (exact) mass is 323 g/mol. The van der Waals surface area contributed by atoms with Gasteiger partial charge in [-0.1, -0.05) is 11.8 Å². The third kappa shape index (κ3) is 3.05. The van der Waals surface area contributed by atoms with E-state index in [0.717, 1.165) is 36.1 Å². The van der Waals surface area contributed by atoms with Gasteiger partial charge >= 0.3 is 0 Å². The molecule has 0 saturated carbocycles. The molecule has 3 heterocycles. The second kappa shape index (κ2) is 6.42. The number of nitrogens with zero attached hydrogens (tertiary/aromatic N) is 2. The zero-order valence-corrected chi connectivity index (χ0v) is 13.7. The number of thioether (sulfide) groups is 1. The van der Waals surface area contributed by atoms with Crippen molar-refractivity contribution in [3.05, 3.63) is 21.6 Å². The fourth-order valence-corrected chi connectivity index (χ4v) is 4.02. The van der Waals surface area contributed by atoms with Crippen LogP contribution in [0.25, 0.3) is 0 Å². The van der Waals surface area contributed by atoms with Gasteiger partial charge in [0, 0.05) is 36.6 Å². The first-order chi connectivity index (χ1) is 10.6. The molecule has 7 heteroatoms. The third-order valence-electron chi connectivity index (χ3n) is 4.29. The van der Waals surface area contributed by atoms with E-state index in [1.165, 1.54) is 0 Å². The van der Waals surface area contributed by atoms with E-state index >= 15 is 0 Å². The summed E-state index contributed by atoms with van der Waals surface area (Å²) in [5, 5.41) is 3.65. The highest BCUT2D eigenvalue weighted by Crippen LogP contribution is 2.32. The number of aryl methyl sites for hydroxylation is 1. The predicted molar refractivity (Wildman–Crippen MR) is 84.3 cm³/mol. The first-order valence-electron chi connectivity index (χ1n) is 7.67. The molecule has 2 aliphatic rings. The van der Waals surface area contributed by atoms with Gasteiger partial charge in [-0.25, -0.2) is 4.98 Å². The summed E-state index contributed by atoms with van der Waals surface area (Å²) in [6.07, 6.45) is 2.52. The second-order valence-electron chi connectivity index (χ2n) is 5.89. The maximum absolute atomic E-state index is 12.4. The molecule has 22 heavy (non-hydrogen) atoms. The lowest BCUT2D eigenvalue weighted by atomic mass is 10.2. The molecule has 1 N–H and O–H groups in total. The molecule has 3 rings (SSSR count). The highest BCUT2D eigenvalue weighted by molar-refractivity contribution is 7.99. The van der Waals surface area contributed by atoms with E-state index in [-0.39, 0.29) is 23.6 Å². The Kier molecular flexibility index (Phi) is 4.54. The van der Waals surface area contributed by atoms with Crippen LogP contribution in [0.3, 0.4) is 0 Å². The number of aromatic nitrogens is 2. The van der Waals surface area contributed by atoms with Crippen molar-refractivity contribution in [2.24, 2.45) is 0 Å². The molecule has 0 spiro atoms. The first kappa shape index (κ1) is 15.6. The van der Waals surface area contributed by atoms with E-state index in [2.05, 4.69) is 10.3 Å². The first-order valence-corrected chi connectivity index (χ1v) is 8.65. The van der Waals surface area contributed by atoms with Crippen molar-refractivity contribution >= 4 is 17.7 Å². The van der Waals surface area contributed by atoms with Crippen molar-refractivity contribution < 1.29 is 9.53 Å². The average Bonchev–Trinajstić information content (AvgIpc) is 3.13. The Morgan fingerprint density at radius 3 is 3.05 bits per heavy atom. The van der Waals surface area contributed by atoms with Gasteiger partial charge in [0.15, 0.2) is 5.16 Å². The Labute approximate surface area is 133 Å². The standard InChI is InChI=1S/C15H21N3O3S/c1-9-10(2)17-15-18(14(9)20)11(8-22-15)6-13(19)16-7-12-4-3-5-21-12/h11-12H,3-8H2,1-2H3,(H,16,19)/t11-,12+/m1/s1. The van der Waals surface area contributed by atoms with Crippen LogP contribution in [0.1, 0.15) is 36.6 Å². The van der Waals surface area contributed by atoms with Gasteiger partial charge in [-0.05, 0) is 26.7 Å². The summed E-state index contributed by atoms with van der Waals surface area (Å²) in [4.78, 5) is 29.0. The van der Waals surface area contributed by atoms with E-state index in [4.69, 9.17) is 4.74 Å². The van der Waals surface area contributed by atoms with Crippen molar-refractivity contribution in [1.82, 2.24) is 14.9 Å². The molecule has 120 valence electrons. The van der Waals surface area contributed by atoms with Gasteiger partial charge < -0.3 is 10.1 Å². The highest BCUT2D eigenvalue weighted by Gasteiger charge is 2.28. The largest absolute Gasteiger partial charge is 0.376 e. The minimum Gasteiger partial charge on any atom is -0.376 e. The molecular formula is C15H21N3O3S. The summed E-state index contributed by atoms with van der Waals surface area (Å²) in [7, 11) is 0. The van der Waals surface area contributed by atoms with E-state index in [1.807, 2.05) is 6.92 Å². The van der Waals surface area contributed by atoms with Crippen LogP contribution in [0.5, 0.6) is 0 Å². The maximum Gasteiger partial charge on any atom is 0.257 e. The SMILES string of the molecule is Cc1nc2n(c(=O)c1C)[C@H](CC(=O)NC[C@@H]1CCCO1)CS2. The number of fused-ring (bicyclic) bond motifs is 1. The molecule has 1 amide bonds. The van der Waals surface area contributed by atoms with Gasteiger partial charge in [0.2, 0.25) is 5.91 Å². The summed E-state index contributed by atoms with van der Waals surface area (Å²) in [5.41, 5.74) is 1.41. The topological polar surface area (TPSA) is 73.2 Å². The number of nitrogens with one attached hydrogen (secondary N) is 1. The molecular weight excluding hydrogens is 302 g/mol. The second-order valence-corrected chi connectivity index (χ2v) is 6.88. The lowest BCUT2D eigenvalue weighted by Crippen LogP contribution is -2.35. The Morgan fingerprint density at radius 1 is 1.50 bits per heavy atom. The van der Waals surface area contributed by atoms with Crippen LogP contribution in [0.15, 0.2) is 9.95 Å². The Bertz CT molecular complexity index is 638. The zero-order chi connectivity index (χ0) is 15.7. The number of amides is 1. The van der Waals surface area contributed by atoms with Crippen molar-refractivity contribution in [3.8, 4) is 0 Å². The van der Waals surface area contributed by atoms with E-state index in [1.54, 1.807) is 23.3 Å². The summed E-state index contributed by atoms with van der Waals surface area (Å²) in [5.74, 6) is 0.692. The van der Waals surface area contributed by atoms with Crippen molar-refractivity contribution in [2.45, 2.75) is 50.4 Å². The van der Waals surface area contributed by atoms with Gasteiger partial charge in [-0.15, -0.1) is 0 Å². The van der Waals surface area contributed by atoms with E-state index < -0.39 is 0 Å². The molecule has 6 nitrogen and oxygen atoms in total. The van der Waals surface area contributed by atoms with Gasteiger partial charge in [-0.2, -0.15) is 0 Å². The van der Waals surface area contributed by atoms with Gasteiger partial charge in [0.05, 0.1) is 12.1 Å². The van der Waals surface area contributed by atoms with Gasteiger partial charge in [0.1, 0.15) is 0 Å². The third-order valence-corrected chi connectivity index (χ3v) is 5.39. The number of rotatable bonds is 4. The lowest BCUT2D eigenvalue weighted by Gasteiger charge is -2.15. The van der Waals surface area contributed by atoms with Crippen LogP contribution < -0.4 is 10.9 Å². The Morgan fingerprint density at radius 2 is 2.32 bits per heavy atom. The molecule has 0 unspecified atom stereocenters. The number of hydrogen-bond acceptors (Lipinski definition) is 5. The zero-order valence-electron chi connectivity index (χ0n) is 12.9. The lowest BCUT2D eigenvalue weighted by molar-refractivity contribution is -0.122. The fraction of sp³-hybridized carbons (Fsp3) is 0.667. The Hall–Kier alpha value is -1.34. The fourth-order valence-electron chi connectivity index (χ4n) is 2.84. The molecule has 0 bridgehead atoms. The van der Waals surface area contributed by atoms with Crippen LogP contribution in [-0.2, 0) is 9.53 Å². The molecule has 2 atom stereocenters. The molecule has 0 aliphatic carbocycles. The molecule has 1 fully saturated rings. The number of hydrogen-bond donors (Lipinski definition) is 1. The van der Waals surface area contributed by atoms with Crippen molar-refractivity contribution in [3.63, 3.8) is 0 Å². The maximum atomic E-state index is 12.4. The highest BCUT2D eigenvalue weighted by atomic mass is 32.2. The van der Waals surface area contributed by atoms with Crippen LogP contribution in [0.4, 0.5) is 0 Å². The van der Waals surface area contributed by atoms with Crippen molar-refractivity contribution in [2.75, 3.05) is 18.9 Å². The average molecular weight is 323 g/mol. The summed E-state index contributed by atoms with van der Waals surface area (Å²) in [6.45, 7) is 4.98. The van der Waals surface area contributed by atoms with Crippen LogP contribution in [-0.4, -0.2) is 40.5 Å². The number of carbonyl (C=O) groups excluding carboxylic acids is 1. The number of ether oxygens (including phenoxy) is 1. The minimum atomic E-state index is -0.108. The smallest absolute Gasteiger partial charge is 0.257 e. The summed E-state index contributed by atoms with van der Waals surface area (Å²) >= 11 is 1.55. The van der Waals surface area contributed by atoms with Crippen LogP contribution in [0.2, 0.25) is 0 Å². The van der Waals surface area contributed by atoms with E-state index in [0.29, 0.717) is 18.5 Å². The minimum absolute atomic E-state index is 0.0237. The molecule has 1 aromatic heterocycles.